The molecular weight excluding hydrogens is 925 g/mol. The molecule has 2 atom stereocenters. The summed E-state index contributed by atoms with van der Waals surface area (Å²) in [5, 5.41) is 22.1. The van der Waals surface area contributed by atoms with Crippen LogP contribution in [0.3, 0.4) is 0 Å². The first kappa shape index (κ1) is 49.4. The molecule has 4 N–H and O–H groups in total. The van der Waals surface area contributed by atoms with Crippen LogP contribution in [-0.4, -0.2) is 126 Å². The van der Waals surface area contributed by atoms with Crippen molar-refractivity contribution in [3.63, 3.8) is 0 Å². The number of benzene rings is 2. The summed E-state index contributed by atoms with van der Waals surface area (Å²) in [6.07, 6.45) is 1.04. The summed E-state index contributed by atoms with van der Waals surface area (Å²) < 4.78 is 52.0. The van der Waals surface area contributed by atoms with E-state index in [1.54, 1.807) is 41.5 Å². The highest BCUT2D eigenvalue weighted by atomic mass is 32.2. The van der Waals surface area contributed by atoms with Gasteiger partial charge in [-0.05, 0) is 65.5 Å². The number of hydrogen-bond acceptors (Lipinski definition) is 17. The number of piperidine rings is 1. The number of alkyl carbamates (subject to hydrolysis) is 1. The van der Waals surface area contributed by atoms with Crippen LogP contribution in [-0.2, 0) is 56.8 Å². The Morgan fingerprint density at radius 1 is 0.912 bits per heavy atom. The van der Waals surface area contributed by atoms with Gasteiger partial charge in [-0.25, -0.2) is 23.7 Å². The molecule has 364 valence electrons. The zero-order valence-electron chi connectivity index (χ0n) is 38.3. The fourth-order valence-electron chi connectivity index (χ4n) is 7.36. The highest BCUT2D eigenvalue weighted by molar-refractivity contribution is 7.84. The molecule has 0 spiro atoms. The fourth-order valence-corrected chi connectivity index (χ4v) is 8.92. The summed E-state index contributed by atoms with van der Waals surface area (Å²) in [5.41, 5.74) is -1.83. The van der Waals surface area contributed by atoms with E-state index in [0.29, 0.717) is 49.3 Å². The number of anilines is 1. The molecule has 0 unspecified atom stereocenters. The first-order valence-electron chi connectivity index (χ1n) is 21.8. The van der Waals surface area contributed by atoms with Crippen molar-refractivity contribution in [2.24, 2.45) is 5.16 Å². The second-order valence-corrected chi connectivity index (χ2v) is 20.7. The van der Waals surface area contributed by atoms with Gasteiger partial charge in [0.15, 0.2) is 16.9 Å². The molecule has 3 fully saturated rings. The molecule has 2 aromatic carbocycles. The molecule has 68 heavy (non-hydrogen) atoms. The van der Waals surface area contributed by atoms with E-state index in [1.165, 1.54) is 11.6 Å². The number of esters is 1. The van der Waals surface area contributed by atoms with Crippen LogP contribution in [0.4, 0.5) is 14.7 Å². The number of carbonyl (C=O) groups is 5. The van der Waals surface area contributed by atoms with E-state index in [2.05, 4.69) is 41.2 Å². The van der Waals surface area contributed by atoms with Gasteiger partial charge in [-0.2, -0.15) is 23.4 Å². The molecule has 1 saturated carbocycles. The summed E-state index contributed by atoms with van der Waals surface area (Å²) in [7, 11) is -5.12. The summed E-state index contributed by atoms with van der Waals surface area (Å²) >= 11 is 0.909. The van der Waals surface area contributed by atoms with E-state index in [4.69, 9.17) is 19.0 Å². The molecule has 22 nitrogen and oxygen atoms in total. The zero-order valence-corrected chi connectivity index (χ0v) is 39.9. The topological polar surface area (TPSA) is 275 Å². The molecular formula is C44H54N10O12S2. The second-order valence-electron chi connectivity index (χ2n) is 18.5. The molecule has 4 aromatic rings. The van der Waals surface area contributed by atoms with Gasteiger partial charge in [0.05, 0.1) is 18.4 Å². The highest BCUT2D eigenvalue weighted by Crippen LogP contribution is 2.43. The maximum absolute atomic E-state index is 14.2. The molecule has 7 rings (SSSR count). The molecule has 0 radical (unpaired) electrons. The lowest BCUT2D eigenvalue weighted by Crippen LogP contribution is -2.73. The largest absolute Gasteiger partial charge is 0.450 e. The Balaban J connectivity index is 1.07. The van der Waals surface area contributed by atoms with Crippen molar-refractivity contribution < 1.29 is 56.0 Å². The first-order valence-corrected chi connectivity index (χ1v) is 24.1. The number of oxime groups is 1. The van der Waals surface area contributed by atoms with Gasteiger partial charge in [0.2, 0.25) is 5.60 Å². The van der Waals surface area contributed by atoms with E-state index >= 15 is 0 Å². The number of rotatable bonds is 16. The van der Waals surface area contributed by atoms with Gasteiger partial charge in [0.25, 0.3) is 11.8 Å². The normalized spacial score (nSPS) is 18.9. The van der Waals surface area contributed by atoms with E-state index in [9.17, 15) is 36.9 Å². The number of hydrogen-bond donors (Lipinski definition) is 4. The Bertz CT molecular complexity index is 2580. The molecule has 4 amide bonds. The number of ether oxygens (including phenoxy) is 3. The van der Waals surface area contributed by atoms with Crippen molar-refractivity contribution >= 4 is 62.5 Å². The predicted octanol–water partition coefficient (Wildman–Crippen LogP) is 4.36. The van der Waals surface area contributed by atoms with Crippen LogP contribution in [0.1, 0.15) is 95.8 Å². The Hall–Kier alpha value is -6.50. The van der Waals surface area contributed by atoms with E-state index in [1.807, 2.05) is 60.7 Å². The van der Waals surface area contributed by atoms with Crippen molar-refractivity contribution in [1.29, 1.82) is 0 Å². The monoisotopic (exact) mass is 978 g/mol. The molecule has 2 aromatic heterocycles. The number of nitrogens with zero attached hydrogens (tertiary/aromatic N) is 7. The number of nitrogens with one attached hydrogen (secondary N) is 3. The highest BCUT2D eigenvalue weighted by Gasteiger charge is 2.57. The SMILES string of the molecule is CC(C)(C)OC(=O)Nc1nc(/C(=N/OC2(C(=O)OC(c3ccccc3)c3ccccc3)CC2)C(=O)N[C@@H]2C(=O)N(S(=O)(=O)O)[C@@H]2Cn2ncc(CN3CCC(NC(=O)OC(C)(C)C)CC3)n2)cs1. The Morgan fingerprint density at radius 3 is 2.09 bits per heavy atom. The van der Waals surface area contributed by atoms with Crippen LogP contribution >= 0.6 is 11.3 Å². The van der Waals surface area contributed by atoms with E-state index in [-0.39, 0.29) is 40.6 Å². The lowest BCUT2D eigenvalue weighted by atomic mass is 9.98. The van der Waals surface area contributed by atoms with Crippen LogP contribution in [0.2, 0.25) is 0 Å². The van der Waals surface area contributed by atoms with Gasteiger partial charge >= 0.3 is 28.5 Å². The molecule has 3 aliphatic rings. The molecule has 4 heterocycles. The molecule has 2 aliphatic heterocycles. The quantitative estimate of drug-likeness (QED) is 0.0303. The molecule has 2 saturated heterocycles. The van der Waals surface area contributed by atoms with Crippen LogP contribution in [0, 0.1) is 0 Å². The average molecular weight is 979 g/mol. The Labute approximate surface area is 396 Å². The van der Waals surface area contributed by atoms with Crippen LogP contribution < -0.4 is 16.0 Å². The molecule has 1 aliphatic carbocycles. The minimum atomic E-state index is -5.12. The smallest absolute Gasteiger partial charge is 0.413 e. The minimum absolute atomic E-state index is 0.00130. The number of carbonyl (C=O) groups excluding carboxylic acids is 5. The maximum atomic E-state index is 14.2. The summed E-state index contributed by atoms with van der Waals surface area (Å²) in [5.74, 6) is -3.00. The third kappa shape index (κ3) is 12.7. The number of amides is 4. The van der Waals surface area contributed by atoms with E-state index in [0.717, 1.165) is 16.1 Å². The molecule has 24 heteroatoms. The van der Waals surface area contributed by atoms with Crippen molar-refractivity contribution in [1.82, 2.24) is 39.8 Å². The van der Waals surface area contributed by atoms with Crippen LogP contribution in [0.25, 0.3) is 0 Å². The van der Waals surface area contributed by atoms with Crippen molar-refractivity contribution in [3.05, 3.63) is 94.8 Å². The van der Waals surface area contributed by atoms with Gasteiger partial charge in [0, 0.05) is 43.9 Å². The lowest BCUT2D eigenvalue weighted by molar-refractivity contribution is -0.164. The van der Waals surface area contributed by atoms with Gasteiger partial charge < -0.3 is 29.7 Å². The zero-order chi connectivity index (χ0) is 49.0. The summed E-state index contributed by atoms with van der Waals surface area (Å²) in [6.45, 7) is 11.6. The Morgan fingerprint density at radius 2 is 1.51 bits per heavy atom. The molecule has 0 bridgehead atoms. The minimum Gasteiger partial charge on any atom is -0.450 e. The van der Waals surface area contributed by atoms with Crippen molar-refractivity contribution in [2.45, 2.75) is 121 Å². The summed E-state index contributed by atoms with van der Waals surface area (Å²) in [4.78, 5) is 79.8. The predicted molar refractivity (Wildman–Crippen MR) is 244 cm³/mol. The Kier molecular flexibility index (Phi) is 14.5. The third-order valence-corrected chi connectivity index (χ3v) is 12.4. The average Bonchev–Trinajstić information content (AvgIpc) is 3.70. The second kappa shape index (κ2) is 20.0. The van der Waals surface area contributed by atoms with E-state index < -0.39 is 81.0 Å². The fraction of sp³-hybridized carbons (Fsp3) is 0.477. The number of likely N-dealkylation sites (tertiary alicyclic amines) is 1. The van der Waals surface area contributed by atoms with Gasteiger partial charge in [-0.15, -0.1) is 11.3 Å². The number of aromatic nitrogens is 4. The number of thiazole rings is 1. The van der Waals surface area contributed by atoms with Gasteiger partial charge in [0.1, 0.15) is 29.0 Å². The standard InChI is InChI=1S/C44H54N10O12S2/c1-42(2,3)64-40(58)46-29-17-21-52(22-18-29)24-30-23-45-53(50-30)25-32-34(37(56)54(32)68(60,61)62)48-36(55)33(31-26-67-39(47-31)49-41(59)65-43(4,5)6)51-66-44(19-20-44)38(57)63-35(27-13-9-7-10-14-27)28-15-11-8-12-16-28/h7-16,23,26,29,32,34-35H,17-22,24-25H2,1-6H3,(H,46,58)(H,48,55)(H,47,49,59)(H,60,61,62)/b51-33-/t32-,34+/m1/s1. The van der Waals surface area contributed by atoms with Crippen molar-refractivity contribution in [3.8, 4) is 0 Å². The lowest BCUT2D eigenvalue weighted by Gasteiger charge is -2.43. The van der Waals surface area contributed by atoms with Gasteiger partial charge in [-0.3, -0.25) is 24.4 Å². The van der Waals surface area contributed by atoms with Crippen LogP contribution in [0.15, 0.2) is 77.4 Å². The number of β-lactam (4-membered cyclic amide) rings is 1. The third-order valence-electron chi connectivity index (χ3n) is 10.7. The summed E-state index contributed by atoms with van der Waals surface area (Å²) in [6, 6.07) is 15.2. The first-order chi connectivity index (χ1) is 32.1. The van der Waals surface area contributed by atoms with Gasteiger partial charge in [-0.1, -0.05) is 65.8 Å². The van der Waals surface area contributed by atoms with Crippen molar-refractivity contribution in [2.75, 3.05) is 18.4 Å². The van der Waals surface area contributed by atoms with Crippen LogP contribution in [0.5, 0.6) is 0 Å². The maximum Gasteiger partial charge on any atom is 0.413 e.